The zero-order chi connectivity index (χ0) is 11.5. The number of carbonyl (C=O) groups is 1. The van der Waals surface area contributed by atoms with Gasteiger partial charge in [-0.3, -0.25) is 4.79 Å². The smallest absolute Gasteiger partial charge is 0.226 e. The number of likely N-dealkylation sites (tertiary alicyclic amines) is 1. The zero-order valence-electron chi connectivity index (χ0n) is 9.98. The van der Waals surface area contributed by atoms with Crippen molar-refractivity contribution in [2.45, 2.75) is 19.8 Å². The number of hydrogen-bond donors (Lipinski definition) is 2. The van der Waals surface area contributed by atoms with E-state index in [1.165, 1.54) is 0 Å². The summed E-state index contributed by atoms with van der Waals surface area (Å²) in [5.41, 5.74) is 0. The Morgan fingerprint density at radius 3 is 2.88 bits per heavy atom. The minimum absolute atomic E-state index is 0.165. The minimum Gasteiger partial charge on any atom is -0.396 e. The van der Waals surface area contributed by atoms with Crippen LogP contribution in [0.1, 0.15) is 19.8 Å². The van der Waals surface area contributed by atoms with Gasteiger partial charge in [-0.15, -0.1) is 0 Å². The maximum absolute atomic E-state index is 12.2. The predicted molar refractivity (Wildman–Crippen MR) is 61.9 cm³/mol. The van der Waals surface area contributed by atoms with E-state index in [0.29, 0.717) is 5.92 Å². The highest BCUT2D eigenvalue weighted by Gasteiger charge is 2.35. The molecule has 2 saturated heterocycles. The average Bonchev–Trinajstić information content (AvgIpc) is 2.71. The van der Waals surface area contributed by atoms with Crippen LogP contribution in [0.3, 0.4) is 0 Å². The molecule has 4 heteroatoms. The summed E-state index contributed by atoms with van der Waals surface area (Å²) >= 11 is 0. The fourth-order valence-electron chi connectivity index (χ4n) is 2.77. The molecular weight excluding hydrogens is 204 g/mol. The molecule has 0 saturated carbocycles. The van der Waals surface area contributed by atoms with Crippen molar-refractivity contribution in [2.75, 3.05) is 32.8 Å². The number of carbonyl (C=O) groups excluding carboxylic acids is 1. The lowest BCUT2D eigenvalue weighted by molar-refractivity contribution is -0.135. The molecule has 1 amide bonds. The van der Waals surface area contributed by atoms with Gasteiger partial charge >= 0.3 is 0 Å². The summed E-state index contributed by atoms with van der Waals surface area (Å²) in [6, 6.07) is 0. The molecule has 0 aromatic rings. The van der Waals surface area contributed by atoms with Crippen molar-refractivity contribution in [3.63, 3.8) is 0 Å². The maximum atomic E-state index is 12.2. The lowest BCUT2D eigenvalue weighted by Crippen LogP contribution is -2.42. The van der Waals surface area contributed by atoms with Gasteiger partial charge in [0.2, 0.25) is 5.91 Å². The molecule has 0 aromatic carbocycles. The normalized spacial score (nSPS) is 35.4. The number of aliphatic hydroxyl groups excluding tert-OH is 1. The fraction of sp³-hybridized carbons (Fsp3) is 0.917. The van der Waals surface area contributed by atoms with E-state index in [4.69, 9.17) is 0 Å². The number of rotatable bonds is 2. The third-order valence-corrected chi connectivity index (χ3v) is 3.96. The lowest BCUT2D eigenvalue weighted by atomic mass is 9.98. The van der Waals surface area contributed by atoms with E-state index in [-0.39, 0.29) is 24.3 Å². The maximum Gasteiger partial charge on any atom is 0.226 e. The number of hydrogen-bond acceptors (Lipinski definition) is 3. The molecule has 4 nitrogen and oxygen atoms in total. The van der Waals surface area contributed by atoms with Crippen LogP contribution in [0.2, 0.25) is 0 Å². The van der Waals surface area contributed by atoms with E-state index in [1.54, 1.807) is 0 Å². The van der Waals surface area contributed by atoms with Crippen molar-refractivity contribution in [2.24, 2.45) is 17.8 Å². The molecule has 0 aromatic heterocycles. The van der Waals surface area contributed by atoms with Crippen LogP contribution in [0.25, 0.3) is 0 Å². The second kappa shape index (κ2) is 5.15. The van der Waals surface area contributed by atoms with E-state index in [2.05, 4.69) is 12.2 Å². The van der Waals surface area contributed by atoms with Crippen molar-refractivity contribution in [1.82, 2.24) is 10.2 Å². The molecule has 0 spiro atoms. The van der Waals surface area contributed by atoms with Gasteiger partial charge in [-0.2, -0.15) is 0 Å². The quantitative estimate of drug-likeness (QED) is 0.701. The third-order valence-electron chi connectivity index (χ3n) is 3.96. The topological polar surface area (TPSA) is 52.6 Å². The predicted octanol–water partition coefficient (Wildman–Crippen LogP) is 0.0728. The van der Waals surface area contributed by atoms with Crippen LogP contribution in [0.4, 0.5) is 0 Å². The standard InChI is InChI=1S/C12H22N2O2/c1-9-6-14(7-11(9)8-15)12(16)10-3-2-4-13-5-10/h9-11,13,15H,2-8H2,1H3/t9-,10+,11-/m1/s1. The number of aliphatic hydroxyl groups is 1. The second-order valence-corrected chi connectivity index (χ2v) is 5.21. The highest BCUT2D eigenvalue weighted by atomic mass is 16.3. The molecule has 0 radical (unpaired) electrons. The summed E-state index contributed by atoms with van der Waals surface area (Å²) in [7, 11) is 0. The summed E-state index contributed by atoms with van der Waals surface area (Å²) in [6.45, 7) is 5.75. The Morgan fingerprint density at radius 2 is 2.31 bits per heavy atom. The van der Waals surface area contributed by atoms with Crippen LogP contribution in [-0.4, -0.2) is 48.7 Å². The Kier molecular flexibility index (Phi) is 3.82. The van der Waals surface area contributed by atoms with Gasteiger partial charge in [0.1, 0.15) is 0 Å². The molecule has 0 bridgehead atoms. The minimum atomic E-state index is 0.165. The third kappa shape index (κ3) is 2.38. The molecule has 2 aliphatic heterocycles. The highest BCUT2D eigenvalue weighted by Crippen LogP contribution is 2.25. The van der Waals surface area contributed by atoms with E-state index in [0.717, 1.165) is 39.0 Å². The molecule has 2 fully saturated rings. The summed E-state index contributed by atoms with van der Waals surface area (Å²) in [4.78, 5) is 14.2. The average molecular weight is 226 g/mol. The van der Waals surface area contributed by atoms with Gasteiger partial charge in [-0.1, -0.05) is 6.92 Å². The lowest BCUT2D eigenvalue weighted by Gasteiger charge is -2.26. The molecular formula is C12H22N2O2. The Balaban J connectivity index is 1.90. The van der Waals surface area contributed by atoms with Crippen LogP contribution < -0.4 is 5.32 Å². The van der Waals surface area contributed by atoms with Crippen molar-refractivity contribution in [3.8, 4) is 0 Å². The Morgan fingerprint density at radius 1 is 1.50 bits per heavy atom. The largest absolute Gasteiger partial charge is 0.396 e. The van der Waals surface area contributed by atoms with Gasteiger partial charge in [0.25, 0.3) is 0 Å². The highest BCUT2D eigenvalue weighted by molar-refractivity contribution is 5.79. The summed E-state index contributed by atoms with van der Waals surface area (Å²) in [6.07, 6.45) is 2.11. The van der Waals surface area contributed by atoms with Gasteiger partial charge in [0, 0.05) is 32.2 Å². The first kappa shape index (κ1) is 11.9. The van der Waals surface area contributed by atoms with Gasteiger partial charge in [0.05, 0.1) is 5.92 Å². The van der Waals surface area contributed by atoms with E-state index < -0.39 is 0 Å². The van der Waals surface area contributed by atoms with Crippen LogP contribution in [0, 0.1) is 17.8 Å². The van der Waals surface area contributed by atoms with Gasteiger partial charge in [-0.25, -0.2) is 0 Å². The summed E-state index contributed by atoms with van der Waals surface area (Å²) in [5, 5.41) is 12.5. The van der Waals surface area contributed by atoms with Crippen LogP contribution in [-0.2, 0) is 4.79 Å². The van der Waals surface area contributed by atoms with E-state index in [9.17, 15) is 9.90 Å². The van der Waals surface area contributed by atoms with Crippen LogP contribution >= 0.6 is 0 Å². The van der Waals surface area contributed by atoms with Gasteiger partial charge < -0.3 is 15.3 Å². The fourth-order valence-corrected chi connectivity index (χ4v) is 2.77. The molecule has 3 atom stereocenters. The zero-order valence-corrected chi connectivity index (χ0v) is 9.98. The van der Waals surface area contributed by atoms with Gasteiger partial charge in [-0.05, 0) is 25.3 Å². The molecule has 0 aliphatic carbocycles. The second-order valence-electron chi connectivity index (χ2n) is 5.21. The first-order valence-corrected chi connectivity index (χ1v) is 6.32. The molecule has 16 heavy (non-hydrogen) atoms. The Bertz CT molecular complexity index is 251. The molecule has 2 aliphatic rings. The van der Waals surface area contributed by atoms with E-state index in [1.807, 2.05) is 4.90 Å². The van der Waals surface area contributed by atoms with Crippen LogP contribution in [0.15, 0.2) is 0 Å². The molecule has 2 rings (SSSR count). The van der Waals surface area contributed by atoms with E-state index >= 15 is 0 Å². The Labute approximate surface area is 97.0 Å². The van der Waals surface area contributed by atoms with Crippen molar-refractivity contribution >= 4 is 5.91 Å². The molecule has 2 heterocycles. The summed E-state index contributed by atoms with van der Waals surface area (Å²) < 4.78 is 0. The van der Waals surface area contributed by atoms with Crippen molar-refractivity contribution < 1.29 is 9.90 Å². The van der Waals surface area contributed by atoms with Crippen molar-refractivity contribution in [3.05, 3.63) is 0 Å². The number of amides is 1. The summed E-state index contributed by atoms with van der Waals surface area (Å²) in [5.74, 6) is 1.17. The first-order chi connectivity index (χ1) is 7.72. The first-order valence-electron chi connectivity index (χ1n) is 6.32. The Hall–Kier alpha value is -0.610. The van der Waals surface area contributed by atoms with Gasteiger partial charge in [0.15, 0.2) is 0 Å². The van der Waals surface area contributed by atoms with Crippen LogP contribution in [0.5, 0.6) is 0 Å². The van der Waals surface area contributed by atoms with Crippen molar-refractivity contribution in [1.29, 1.82) is 0 Å². The molecule has 92 valence electrons. The molecule has 0 unspecified atom stereocenters. The monoisotopic (exact) mass is 226 g/mol. The number of nitrogens with one attached hydrogen (secondary N) is 1. The number of nitrogens with zero attached hydrogens (tertiary/aromatic N) is 1. The molecule has 2 N–H and O–H groups in total. The number of piperidine rings is 1. The SMILES string of the molecule is C[C@@H]1CN(C(=O)[C@H]2CCCNC2)C[C@@H]1CO.